The molecule has 4 heteroatoms. The van der Waals surface area contributed by atoms with Crippen LogP contribution in [0.2, 0.25) is 0 Å². The molecule has 134 valence electrons. The molecule has 1 aliphatic heterocycles. The van der Waals surface area contributed by atoms with Gasteiger partial charge in [0.05, 0.1) is 18.0 Å². The predicted molar refractivity (Wildman–Crippen MR) is 102 cm³/mol. The highest BCUT2D eigenvalue weighted by molar-refractivity contribution is 5.84. The van der Waals surface area contributed by atoms with Crippen molar-refractivity contribution >= 4 is 5.78 Å². The number of piperidine rings is 1. The number of aromatic hydroxyl groups is 1. The van der Waals surface area contributed by atoms with Crippen LogP contribution in [0.5, 0.6) is 5.75 Å². The van der Waals surface area contributed by atoms with E-state index in [1.165, 1.54) is 0 Å². The minimum atomic E-state index is -0.304. The van der Waals surface area contributed by atoms with Gasteiger partial charge in [0, 0.05) is 12.0 Å². The van der Waals surface area contributed by atoms with Gasteiger partial charge in [-0.15, -0.1) is 0 Å². The number of phenols is 1. The van der Waals surface area contributed by atoms with Crippen LogP contribution in [0.4, 0.5) is 0 Å². The Morgan fingerprint density at radius 1 is 1.19 bits per heavy atom. The van der Waals surface area contributed by atoms with Gasteiger partial charge in [0.1, 0.15) is 5.75 Å². The zero-order chi connectivity index (χ0) is 18.4. The predicted octanol–water partition coefficient (Wildman–Crippen LogP) is 3.84. The highest BCUT2D eigenvalue weighted by Crippen LogP contribution is 2.29. The zero-order valence-electron chi connectivity index (χ0n) is 14.8. The first kappa shape index (κ1) is 18.2. The van der Waals surface area contributed by atoms with Crippen LogP contribution in [0.25, 0.3) is 11.1 Å². The minimum Gasteiger partial charge on any atom is -0.507 e. The molecule has 0 unspecified atom stereocenters. The molecule has 1 heterocycles. The molecule has 2 N–H and O–H groups in total. The molecule has 0 radical (unpaired) electrons. The van der Waals surface area contributed by atoms with Gasteiger partial charge in [-0.3, -0.25) is 4.79 Å². The van der Waals surface area contributed by atoms with Crippen LogP contribution in [0.1, 0.15) is 31.2 Å². The Labute approximate surface area is 154 Å². The van der Waals surface area contributed by atoms with E-state index in [1.807, 2.05) is 36.4 Å². The average Bonchev–Trinajstić information content (AvgIpc) is 2.69. The number of nitriles is 1. The van der Waals surface area contributed by atoms with E-state index in [0.717, 1.165) is 42.5 Å². The van der Waals surface area contributed by atoms with Gasteiger partial charge >= 0.3 is 0 Å². The van der Waals surface area contributed by atoms with Crippen molar-refractivity contribution < 1.29 is 9.90 Å². The summed E-state index contributed by atoms with van der Waals surface area (Å²) in [5.41, 5.74) is 2.75. The van der Waals surface area contributed by atoms with E-state index in [4.69, 9.17) is 0 Å². The lowest BCUT2D eigenvalue weighted by atomic mass is 9.90. The number of carbonyl (C=O) groups excluding carboxylic acids is 1. The summed E-state index contributed by atoms with van der Waals surface area (Å²) in [5.74, 6) is 0.102. The number of phenolic OH excluding ortho intramolecular Hbond substituents is 1. The number of benzene rings is 2. The summed E-state index contributed by atoms with van der Waals surface area (Å²) < 4.78 is 0. The fourth-order valence-electron chi connectivity index (χ4n) is 3.50. The standard InChI is InChI=1S/C22H24N2O2/c23-15-17(14-22(26)20-6-3-4-12-24-20)13-16-8-10-18(11-9-16)19-5-1-2-7-21(19)25/h1-2,5,7-11,17,20,24-25H,3-4,6,12-14H2/t17-,20+/m1/s1. The van der Waals surface area contributed by atoms with Crippen molar-refractivity contribution in [3.63, 3.8) is 0 Å². The Bertz CT molecular complexity index is 787. The number of ketones is 1. The van der Waals surface area contributed by atoms with Gasteiger partial charge in [-0.25, -0.2) is 0 Å². The molecule has 2 aromatic rings. The van der Waals surface area contributed by atoms with Crippen molar-refractivity contribution in [3.05, 3.63) is 54.1 Å². The van der Waals surface area contributed by atoms with Crippen molar-refractivity contribution in [2.75, 3.05) is 6.54 Å². The van der Waals surface area contributed by atoms with Crippen LogP contribution in [-0.4, -0.2) is 23.5 Å². The average molecular weight is 348 g/mol. The summed E-state index contributed by atoms with van der Waals surface area (Å²) in [6.07, 6.45) is 3.95. The Hall–Kier alpha value is -2.64. The molecule has 0 aliphatic carbocycles. The first-order valence-electron chi connectivity index (χ1n) is 9.20. The first-order valence-corrected chi connectivity index (χ1v) is 9.20. The maximum atomic E-state index is 12.4. The quantitative estimate of drug-likeness (QED) is 0.832. The second-order valence-corrected chi connectivity index (χ2v) is 6.92. The molecule has 0 amide bonds. The van der Waals surface area contributed by atoms with Crippen LogP contribution >= 0.6 is 0 Å². The van der Waals surface area contributed by atoms with Gasteiger partial charge in [0.15, 0.2) is 5.78 Å². The van der Waals surface area contributed by atoms with Crippen LogP contribution < -0.4 is 5.32 Å². The molecule has 0 aromatic heterocycles. The lowest BCUT2D eigenvalue weighted by molar-refractivity contribution is -0.122. The van der Waals surface area contributed by atoms with E-state index in [1.54, 1.807) is 12.1 Å². The lowest BCUT2D eigenvalue weighted by Crippen LogP contribution is -2.41. The Morgan fingerprint density at radius 3 is 2.62 bits per heavy atom. The molecular formula is C22H24N2O2. The SMILES string of the molecule is N#C[C@@H](CC(=O)[C@@H]1CCCCN1)Cc1ccc(-c2ccccc2O)cc1. The van der Waals surface area contributed by atoms with E-state index < -0.39 is 0 Å². The third-order valence-corrected chi connectivity index (χ3v) is 4.98. The third kappa shape index (κ3) is 4.50. The van der Waals surface area contributed by atoms with Crippen molar-refractivity contribution in [3.8, 4) is 22.9 Å². The van der Waals surface area contributed by atoms with Crippen LogP contribution in [0, 0.1) is 17.2 Å². The normalized spacial score (nSPS) is 18.0. The van der Waals surface area contributed by atoms with Crippen molar-refractivity contribution in [1.82, 2.24) is 5.32 Å². The van der Waals surface area contributed by atoms with E-state index >= 15 is 0 Å². The smallest absolute Gasteiger partial charge is 0.151 e. The van der Waals surface area contributed by atoms with Crippen LogP contribution in [0.3, 0.4) is 0 Å². The van der Waals surface area contributed by atoms with Crippen molar-refractivity contribution in [2.24, 2.45) is 5.92 Å². The number of carbonyl (C=O) groups is 1. The molecule has 3 rings (SSSR count). The second-order valence-electron chi connectivity index (χ2n) is 6.92. The molecule has 0 saturated carbocycles. The van der Waals surface area contributed by atoms with Gasteiger partial charge in [-0.2, -0.15) is 5.26 Å². The summed E-state index contributed by atoms with van der Waals surface area (Å²) in [4.78, 5) is 12.4. The third-order valence-electron chi connectivity index (χ3n) is 4.98. The molecule has 1 aliphatic rings. The Morgan fingerprint density at radius 2 is 1.96 bits per heavy atom. The number of nitrogens with one attached hydrogen (secondary N) is 1. The highest BCUT2D eigenvalue weighted by atomic mass is 16.3. The number of para-hydroxylation sites is 1. The molecule has 4 nitrogen and oxygen atoms in total. The zero-order valence-corrected chi connectivity index (χ0v) is 14.8. The first-order chi connectivity index (χ1) is 12.7. The fraction of sp³-hybridized carbons (Fsp3) is 0.364. The van der Waals surface area contributed by atoms with Gasteiger partial charge < -0.3 is 10.4 Å². The minimum absolute atomic E-state index is 0.0805. The largest absolute Gasteiger partial charge is 0.507 e. The Kier molecular flexibility index (Phi) is 6.04. The number of rotatable bonds is 6. The van der Waals surface area contributed by atoms with Gasteiger partial charge in [0.2, 0.25) is 0 Å². The van der Waals surface area contributed by atoms with E-state index in [-0.39, 0.29) is 23.5 Å². The monoisotopic (exact) mass is 348 g/mol. The summed E-state index contributed by atoms with van der Waals surface area (Å²) in [5, 5.41) is 22.7. The maximum Gasteiger partial charge on any atom is 0.151 e. The number of hydrogen-bond acceptors (Lipinski definition) is 4. The molecule has 2 aromatic carbocycles. The van der Waals surface area contributed by atoms with Gasteiger partial charge in [0.25, 0.3) is 0 Å². The van der Waals surface area contributed by atoms with E-state index in [9.17, 15) is 15.2 Å². The molecular weight excluding hydrogens is 324 g/mol. The maximum absolute atomic E-state index is 12.4. The van der Waals surface area contributed by atoms with Gasteiger partial charge in [-0.05, 0) is 43.0 Å². The lowest BCUT2D eigenvalue weighted by Gasteiger charge is -2.23. The molecule has 26 heavy (non-hydrogen) atoms. The summed E-state index contributed by atoms with van der Waals surface area (Å²) >= 11 is 0. The fourth-order valence-corrected chi connectivity index (χ4v) is 3.50. The molecule has 0 spiro atoms. The number of Topliss-reactive ketones (excluding diaryl/α,β-unsaturated/α-hetero) is 1. The summed E-state index contributed by atoms with van der Waals surface area (Å²) in [6.45, 7) is 0.890. The van der Waals surface area contributed by atoms with Crippen LogP contribution in [0.15, 0.2) is 48.5 Å². The van der Waals surface area contributed by atoms with E-state index in [0.29, 0.717) is 12.8 Å². The molecule has 2 atom stereocenters. The molecule has 1 fully saturated rings. The topological polar surface area (TPSA) is 73.1 Å². The van der Waals surface area contributed by atoms with E-state index in [2.05, 4.69) is 11.4 Å². The highest BCUT2D eigenvalue weighted by Gasteiger charge is 2.23. The number of hydrogen-bond donors (Lipinski definition) is 2. The van der Waals surface area contributed by atoms with Crippen molar-refractivity contribution in [1.29, 1.82) is 5.26 Å². The molecule has 0 bridgehead atoms. The van der Waals surface area contributed by atoms with Gasteiger partial charge in [-0.1, -0.05) is 48.9 Å². The second kappa shape index (κ2) is 8.64. The number of nitrogens with zero attached hydrogens (tertiary/aromatic N) is 1. The van der Waals surface area contributed by atoms with Crippen molar-refractivity contribution in [2.45, 2.75) is 38.1 Å². The Balaban J connectivity index is 1.62. The van der Waals surface area contributed by atoms with Crippen LogP contribution in [-0.2, 0) is 11.2 Å². The molecule has 1 saturated heterocycles. The summed E-state index contributed by atoms with van der Waals surface area (Å²) in [7, 11) is 0. The summed E-state index contributed by atoms with van der Waals surface area (Å²) in [6, 6.07) is 17.3.